The summed E-state index contributed by atoms with van der Waals surface area (Å²) < 4.78 is 1.28. The summed E-state index contributed by atoms with van der Waals surface area (Å²) >= 11 is 0. The molecule has 0 spiro atoms. The second-order valence-electron chi connectivity index (χ2n) is 5.19. The van der Waals surface area contributed by atoms with E-state index in [1.165, 1.54) is 31.1 Å². The fraction of sp³-hybridized carbons (Fsp3) is 0.455. The van der Waals surface area contributed by atoms with Gasteiger partial charge >= 0.3 is 5.97 Å². The minimum Gasteiger partial charge on any atom is -0.478 e. The van der Waals surface area contributed by atoms with E-state index in [0.717, 1.165) is 0 Å². The Labute approximate surface area is 112 Å². The van der Waals surface area contributed by atoms with Crippen LogP contribution in [-0.4, -0.2) is 47.9 Å². The van der Waals surface area contributed by atoms with Crippen LogP contribution in [-0.2, 0) is 10.5 Å². The number of anilines is 1. The smallest absolute Gasteiger partial charge is 0.346 e. The average molecular weight is 280 g/mol. The van der Waals surface area contributed by atoms with Gasteiger partial charge in [0.1, 0.15) is 0 Å². The van der Waals surface area contributed by atoms with Gasteiger partial charge in [0.2, 0.25) is 17.6 Å². The molecule has 1 aliphatic heterocycles. The molecular weight excluding hydrogens is 266 g/mol. The van der Waals surface area contributed by atoms with Gasteiger partial charge in [0.25, 0.3) is 11.5 Å². The minimum atomic E-state index is -1.83. The summed E-state index contributed by atoms with van der Waals surface area (Å²) in [7, 11) is 0. The molecule has 0 bridgehead atoms. The van der Waals surface area contributed by atoms with Crippen LogP contribution in [0.15, 0.2) is 12.7 Å². The van der Waals surface area contributed by atoms with Gasteiger partial charge < -0.3 is 20.3 Å². The third-order valence-electron chi connectivity index (χ3n) is 3.77. The van der Waals surface area contributed by atoms with E-state index >= 15 is 0 Å². The SMILES string of the molecule is CC1(C(=O)O)Nc2c3[nH]cnc3nc[n+]2C(C)(O)C1O. The molecule has 3 rings (SSSR count). The van der Waals surface area contributed by atoms with Crippen LogP contribution >= 0.6 is 0 Å². The highest BCUT2D eigenvalue weighted by atomic mass is 16.4. The number of rotatable bonds is 1. The summed E-state index contributed by atoms with van der Waals surface area (Å²) in [5, 5.41) is 32.9. The summed E-state index contributed by atoms with van der Waals surface area (Å²) in [6.45, 7) is 2.63. The van der Waals surface area contributed by atoms with Crippen LogP contribution in [0.25, 0.3) is 11.2 Å². The molecule has 3 atom stereocenters. The number of hydrogen-bond acceptors (Lipinski definition) is 6. The number of carboxylic acids is 1. The molecule has 0 saturated carbocycles. The second kappa shape index (κ2) is 3.64. The standard InChI is InChI=1S/C11H13N5O4/c1-10(9(18)19)8(17)11(2,20)16-4-14-6-5(7(16)15-10)12-3-13-6/h3-4,8,17,20H,1-2H3,(H2,12,13,15,18,19)/p+1. The van der Waals surface area contributed by atoms with E-state index in [9.17, 15) is 20.1 Å². The number of aromatic nitrogens is 4. The van der Waals surface area contributed by atoms with Crippen LogP contribution in [0.3, 0.4) is 0 Å². The number of H-pyrrole nitrogens is 1. The Balaban J connectivity index is 2.32. The number of aliphatic carboxylic acids is 1. The molecule has 0 amide bonds. The Morgan fingerprint density at radius 3 is 2.80 bits per heavy atom. The first-order valence-corrected chi connectivity index (χ1v) is 5.94. The Morgan fingerprint density at radius 2 is 2.15 bits per heavy atom. The maximum absolute atomic E-state index is 11.5. The lowest BCUT2D eigenvalue weighted by Gasteiger charge is -2.41. The van der Waals surface area contributed by atoms with Crippen molar-refractivity contribution in [1.29, 1.82) is 0 Å². The third kappa shape index (κ3) is 1.38. The van der Waals surface area contributed by atoms with E-state index in [-0.39, 0.29) is 0 Å². The maximum Gasteiger partial charge on any atom is 0.346 e. The number of aliphatic hydroxyl groups is 2. The van der Waals surface area contributed by atoms with Gasteiger partial charge in [-0.15, -0.1) is 0 Å². The Bertz CT molecular complexity index is 712. The number of fused-ring (bicyclic) bond motifs is 3. The van der Waals surface area contributed by atoms with Gasteiger partial charge in [0.05, 0.1) is 6.33 Å². The molecule has 3 heterocycles. The number of carboxylic acid groups (broad SMARTS) is 1. The van der Waals surface area contributed by atoms with Crippen LogP contribution in [0.5, 0.6) is 0 Å². The van der Waals surface area contributed by atoms with E-state index in [4.69, 9.17) is 0 Å². The van der Waals surface area contributed by atoms with E-state index in [1.807, 2.05) is 0 Å². The highest BCUT2D eigenvalue weighted by Gasteiger charge is 2.59. The zero-order valence-electron chi connectivity index (χ0n) is 10.8. The molecule has 5 N–H and O–H groups in total. The Morgan fingerprint density at radius 1 is 1.45 bits per heavy atom. The monoisotopic (exact) mass is 280 g/mol. The van der Waals surface area contributed by atoms with Crippen molar-refractivity contribution in [2.24, 2.45) is 0 Å². The fourth-order valence-corrected chi connectivity index (χ4v) is 2.48. The quantitative estimate of drug-likeness (QED) is 0.403. The molecule has 0 aromatic carbocycles. The molecule has 20 heavy (non-hydrogen) atoms. The van der Waals surface area contributed by atoms with Crippen molar-refractivity contribution in [3.8, 4) is 0 Å². The van der Waals surface area contributed by atoms with Gasteiger partial charge in [-0.25, -0.2) is 14.3 Å². The van der Waals surface area contributed by atoms with Gasteiger partial charge in [-0.05, 0) is 6.92 Å². The second-order valence-corrected chi connectivity index (χ2v) is 5.19. The maximum atomic E-state index is 11.5. The molecular formula is C11H14N5O4+. The first-order valence-electron chi connectivity index (χ1n) is 5.94. The lowest BCUT2D eigenvalue weighted by Crippen LogP contribution is -2.75. The molecule has 2 aromatic heterocycles. The average Bonchev–Trinajstić information content (AvgIpc) is 2.84. The molecule has 106 valence electrons. The topological polar surface area (TPSA) is 135 Å². The van der Waals surface area contributed by atoms with Crippen molar-refractivity contribution < 1.29 is 24.7 Å². The van der Waals surface area contributed by atoms with Crippen LogP contribution in [0, 0.1) is 0 Å². The lowest BCUT2D eigenvalue weighted by molar-refractivity contribution is -0.807. The summed E-state index contributed by atoms with van der Waals surface area (Å²) in [5.41, 5.74) is -2.75. The summed E-state index contributed by atoms with van der Waals surface area (Å²) in [4.78, 5) is 22.3. The fourth-order valence-electron chi connectivity index (χ4n) is 2.48. The normalized spacial score (nSPS) is 32.7. The molecule has 2 aromatic rings. The van der Waals surface area contributed by atoms with Crippen LogP contribution in [0.4, 0.5) is 5.82 Å². The first kappa shape index (κ1) is 12.8. The molecule has 3 unspecified atom stereocenters. The van der Waals surface area contributed by atoms with Gasteiger partial charge in [0.15, 0.2) is 11.6 Å². The summed E-state index contributed by atoms with van der Waals surface area (Å²) in [5.74, 6) is -0.978. The molecule has 9 nitrogen and oxygen atoms in total. The largest absolute Gasteiger partial charge is 0.478 e. The lowest BCUT2D eigenvalue weighted by atomic mass is 9.85. The van der Waals surface area contributed by atoms with Crippen molar-refractivity contribution in [3.63, 3.8) is 0 Å². The van der Waals surface area contributed by atoms with Crippen LogP contribution < -0.4 is 9.88 Å². The first-order chi connectivity index (χ1) is 9.28. The Hall–Kier alpha value is -2.26. The van der Waals surface area contributed by atoms with Gasteiger partial charge in [-0.1, -0.05) is 4.98 Å². The number of aromatic amines is 1. The summed E-state index contributed by atoms with van der Waals surface area (Å²) in [6, 6.07) is 0. The number of aliphatic hydroxyl groups excluding tert-OH is 1. The van der Waals surface area contributed by atoms with E-state index in [0.29, 0.717) is 17.0 Å². The predicted octanol–water partition coefficient (Wildman–Crippen LogP) is -1.46. The summed E-state index contributed by atoms with van der Waals surface area (Å²) in [6.07, 6.45) is 1.14. The highest BCUT2D eigenvalue weighted by Crippen LogP contribution is 2.32. The Kier molecular flexibility index (Phi) is 2.32. The van der Waals surface area contributed by atoms with Gasteiger partial charge in [-0.2, -0.15) is 0 Å². The van der Waals surface area contributed by atoms with Crippen molar-refractivity contribution >= 4 is 23.0 Å². The van der Waals surface area contributed by atoms with Crippen molar-refractivity contribution in [1.82, 2.24) is 15.0 Å². The minimum absolute atomic E-state index is 0.299. The molecule has 0 aliphatic carbocycles. The third-order valence-corrected chi connectivity index (χ3v) is 3.77. The molecule has 0 fully saturated rings. The zero-order valence-corrected chi connectivity index (χ0v) is 10.8. The van der Waals surface area contributed by atoms with E-state index in [1.54, 1.807) is 0 Å². The van der Waals surface area contributed by atoms with Crippen molar-refractivity contribution in [3.05, 3.63) is 12.7 Å². The molecule has 0 radical (unpaired) electrons. The highest BCUT2D eigenvalue weighted by molar-refractivity contribution is 5.88. The van der Waals surface area contributed by atoms with Gasteiger partial charge in [-0.3, -0.25) is 5.32 Å². The van der Waals surface area contributed by atoms with Crippen LogP contribution in [0.1, 0.15) is 13.8 Å². The number of carbonyl (C=O) groups is 1. The molecule has 0 saturated heterocycles. The molecule has 9 heteroatoms. The van der Waals surface area contributed by atoms with Crippen molar-refractivity contribution in [2.45, 2.75) is 31.2 Å². The zero-order chi connectivity index (χ0) is 14.7. The number of nitrogens with one attached hydrogen (secondary N) is 2. The predicted molar refractivity (Wildman–Crippen MR) is 65.6 cm³/mol. The van der Waals surface area contributed by atoms with Gasteiger partial charge in [0, 0.05) is 6.92 Å². The number of imidazole rings is 1. The van der Waals surface area contributed by atoms with E-state index < -0.39 is 23.3 Å². The number of nitrogens with zero attached hydrogens (tertiary/aromatic N) is 3. The molecule has 1 aliphatic rings. The van der Waals surface area contributed by atoms with E-state index in [2.05, 4.69) is 20.3 Å². The number of hydrogen-bond donors (Lipinski definition) is 5. The van der Waals surface area contributed by atoms with Crippen LogP contribution in [0.2, 0.25) is 0 Å². The van der Waals surface area contributed by atoms with Crippen molar-refractivity contribution in [2.75, 3.05) is 5.32 Å².